The number of aliphatic imine (C=N–C) groups is 5. The Kier molecular flexibility index (Phi) is 28.3. The minimum absolute atomic E-state index is 0.00130. The third-order valence-corrected chi connectivity index (χ3v) is 26.1. The highest BCUT2D eigenvalue weighted by Crippen LogP contribution is 2.40. The molecule has 0 unspecified atom stereocenters. The van der Waals surface area contributed by atoms with E-state index in [-0.39, 0.29) is 29.5 Å². The number of benzene rings is 5. The SMILES string of the molecule is CNCC1=CCc2cccc(CN(CC3CCC3)C(=O)c3cc(Br)[nH]n3)c21.Cc1cc(C(=O)N(CC2=CCN=C2)Cc2cccc3c2N=CC3)n[nH]1.Cc1cc(C(=O)N(Cc2c(Cl)ccc3c2N=CC3)CC2CCC2)n[nH]1.Cc1cc(C(=O)N(Cc2cccc3c2N=CC3)CC2CCC2)n[nH]1.O=C(c1cc(Br)[nH]n1)N(Cc1cccc2c1N=CC2)CC1CCC1. The molecule has 0 spiro atoms. The zero-order valence-corrected chi connectivity index (χ0v) is 75.1. The minimum atomic E-state index is -0.0925. The number of H-pyrrole nitrogens is 5. The predicted molar refractivity (Wildman–Crippen MR) is 497 cm³/mol. The molecule has 10 heterocycles. The van der Waals surface area contributed by atoms with Crippen molar-refractivity contribution in [2.24, 2.45) is 48.6 Å². The Morgan fingerprint density at radius 2 is 0.768 bits per heavy atom. The molecule has 4 fully saturated rings. The molecule has 10 aliphatic rings. The Labute approximate surface area is 750 Å². The van der Waals surface area contributed by atoms with Crippen LogP contribution >= 0.6 is 43.5 Å². The fraction of sp³-hybridized carbons (Fsp3) is 0.385. The van der Waals surface area contributed by atoms with Gasteiger partial charge in [-0.05, 0) is 232 Å². The molecular formula is C96H106Br2ClN21O5. The number of amides is 5. The summed E-state index contributed by atoms with van der Waals surface area (Å²) in [4.78, 5) is 96.8. The number of rotatable bonds is 27. The van der Waals surface area contributed by atoms with Crippen molar-refractivity contribution in [2.75, 3.05) is 52.9 Å². The van der Waals surface area contributed by atoms with Crippen LogP contribution in [-0.2, 0) is 64.8 Å². The zero-order chi connectivity index (χ0) is 86.5. The van der Waals surface area contributed by atoms with Crippen LogP contribution in [0.3, 0.4) is 0 Å². The summed E-state index contributed by atoms with van der Waals surface area (Å²) in [5, 5.41) is 38.8. The lowest BCUT2D eigenvalue weighted by atomic mass is 9.85. The number of likely N-dealkylation sites (N-methyl/N-ethyl adjacent to an activating group) is 1. The number of allylic oxidation sites excluding steroid dienone is 1. The fourth-order valence-corrected chi connectivity index (χ4v) is 18.2. The van der Waals surface area contributed by atoms with Crippen LogP contribution in [-0.4, -0.2) is 189 Å². The first kappa shape index (κ1) is 87.0. The molecule has 6 N–H and O–H groups in total. The Balaban J connectivity index is 0.000000115. The molecule has 0 bridgehead atoms. The summed E-state index contributed by atoms with van der Waals surface area (Å²) >= 11 is 13.1. The Bertz CT molecular complexity index is 5690. The topological polar surface area (TPSA) is 319 Å². The standard InChI is InChI=1S/C21H25BrN4O.C19H21ClN4O.C19H19N5O.C19H22N4O.C18H19BrN4O/c1-23-11-16-9-8-15-6-3-7-17(20(15)16)13-26(12-14-4-2-5-14)21(27)18-10-19(22)25-24-18;1-12-9-17(23-22-12)19(25)24(10-13-3-2-4-13)11-15-16(20)6-5-14-7-8-21-18(14)15;1-13-9-17(23-22-13)19(25)24(11-14-5-7-20-10-14)12-16-4-2-3-15-6-8-21-18(15)16;1-13-10-17(22-21-13)19(24)23(11-14-4-2-5-14)12-16-7-3-6-15-8-9-20-18(15)16;19-16-9-15(21-22-16)18(24)23(10-12-3-1-4-12)11-14-6-2-5-13-7-8-20-17(13)14/h3,6-7,9-10,14,23H,2,4-5,8,11-13H2,1H3,(H,24,25);5-6,8-9,13H,2-4,7,10-11H2,1H3,(H,22,23);2-5,8-10H,6-7,11-12H2,1H3,(H,22,23);3,6-7,9-10,14H,2,4-5,8,11-12H2,1H3,(H,21,22);2,5-6,8-9,12H,1,3-4,7,10-11H2,(H,21,22). The quantitative estimate of drug-likeness (QED) is 0.0281. The number of para-hydroxylation sites is 3. The highest BCUT2D eigenvalue weighted by molar-refractivity contribution is 9.10. The lowest BCUT2D eigenvalue weighted by molar-refractivity contribution is 0.0667. The molecule has 29 heteroatoms. The van der Waals surface area contributed by atoms with E-state index in [0.717, 1.165) is 142 Å². The van der Waals surface area contributed by atoms with E-state index in [9.17, 15) is 24.0 Å². The van der Waals surface area contributed by atoms with Gasteiger partial charge in [0.25, 0.3) is 29.5 Å². The van der Waals surface area contributed by atoms with Gasteiger partial charge in [0.2, 0.25) is 0 Å². The summed E-state index contributed by atoms with van der Waals surface area (Å²) in [6.45, 7) is 13.7. The number of hydrogen-bond donors (Lipinski definition) is 6. The van der Waals surface area contributed by atoms with Crippen LogP contribution in [0.1, 0.15) is 208 Å². The fourth-order valence-electron chi connectivity index (χ4n) is 17.4. The van der Waals surface area contributed by atoms with Crippen LogP contribution in [0, 0.1) is 44.4 Å². The second-order valence-corrected chi connectivity index (χ2v) is 36.3. The number of aromatic nitrogens is 10. The highest BCUT2D eigenvalue weighted by atomic mass is 79.9. The summed E-state index contributed by atoms with van der Waals surface area (Å²) in [7, 11) is 1.98. The summed E-state index contributed by atoms with van der Waals surface area (Å²) < 4.78 is 1.45. The molecule has 0 atom stereocenters. The molecule has 4 saturated carbocycles. The molecule has 5 aromatic heterocycles. The van der Waals surface area contributed by atoms with Gasteiger partial charge in [0.1, 0.15) is 26.3 Å². The van der Waals surface area contributed by atoms with Gasteiger partial charge in [-0.1, -0.05) is 128 Å². The van der Waals surface area contributed by atoms with Gasteiger partial charge in [-0.3, -0.25) is 74.4 Å². The van der Waals surface area contributed by atoms with E-state index in [1.165, 1.54) is 122 Å². The second kappa shape index (κ2) is 40.7. The molecule has 26 nitrogen and oxygen atoms in total. The normalized spacial score (nSPS) is 15.7. The van der Waals surface area contributed by atoms with E-state index in [4.69, 9.17) is 11.6 Å². The highest BCUT2D eigenvalue weighted by Gasteiger charge is 2.34. The molecule has 0 radical (unpaired) electrons. The first-order valence-corrected chi connectivity index (χ1v) is 45.7. The van der Waals surface area contributed by atoms with Gasteiger partial charge in [-0.2, -0.15) is 25.5 Å². The van der Waals surface area contributed by atoms with E-state index in [0.29, 0.717) is 103 Å². The number of aryl methyl sites for hydroxylation is 3. The largest absolute Gasteiger partial charge is 0.333 e. The average molecular weight is 1830 g/mol. The molecule has 5 aromatic carbocycles. The maximum Gasteiger partial charge on any atom is 0.274 e. The Hall–Kier alpha value is -11.5. The van der Waals surface area contributed by atoms with Gasteiger partial charge in [0.05, 0.1) is 29.3 Å². The minimum Gasteiger partial charge on any atom is -0.333 e. The molecule has 0 saturated heterocycles. The van der Waals surface area contributed by atoms with Crippen LogP contribution in [0.15, 0.2) is 167 Å². The van der Waals surface area contributed by atoms with Crippen LogP contribution in [0.25, 0.3) is 5.57 Å². The summed E-state index contributed by atoms with van der Waals surface area (Å²) in [6.07, 6.45) is 33.0. The first-order valence-electron chi connectivity index (χ1n) is 43.7. The molecule has 646 valence electrons. The average Bonchev–Trinajstić information content (AvgIpc) is 1.49. The maximum atomic E-state index is 13.1. The lowest BCUT2D eigenvalue weighted by Crippen LogP contribution is -2.37. The summed E-state index contributed by atoms with van der Waals surface area (Å²) in [6, 6.07) is 37.9. The second-order valence-electron chi connectivity index (χ2n) is 34.2. The molecule has 10 aromatic rings. The number of carbonyl (C=O) groups excluding carboxylic acids is 5. The van der Waals surface area contributed by atoms with E-state index in [2.05, 4.69) is 180 Å². The Morgan fingerprint density at radius 1 is 0.408 bits per heavy atom. The number of nitrogens with one attached hydrogen (secondary N) is 6. The summed E-state index contributed by atoms with van der Waals surface area (Å²) in [5.74, 6) is 2.25. The monoisotopic (exact) mass is 1830 g/mol. The van der Waals surface area contributed by atoms with Crippen LogP contribution in [0.5, 0.6) is 0 Å². The molecule has 5 aliphatic heterocycles. The van der Waals surface area contributed by atoms with Gasteiger partial charge in [0.15, 0.2) is 11.4 Å². The van der Waals surface area contributed by atoms with Crippen molar-refractivity contribution < 1.29 is 24.0 Å². The first-order chi connectivity index (χ1) is 60.9. The molecule has 5 aliphatic carbocycles. The molecule has 20 rings (SSSR count). The number of nitrogens with zero attached hydrogens (tertiary/aromatic N) is 15. The van der Waals surface area contributed by atoms with Gasteiger partial charge in [0, 0.05) is 169 Å². The van der Waals surface area contributed by atoms with Crippen LogP contribution < -0.4 is 5.32 Å². The molecular weight excluding hydrogens is 1720 g/mol. The number of fused-ring (bicyclic) bond motifs is 5. The van der Waals surface area contributed by atoms with Crippen molar-refractivity contribution in [1.82, 2.24) is 80.8 Å². The van der Waals surface area contributed by atoms with Crippen LogP contribution in [0.2, 0.25) is 5.02 Å². The van der Waals surface area contributed by atoms with Crippen molar-refractivity contribution in [3.05, 3.63) is 254 Å². The van der Waals surface area contributed by atoms with Crippen molar-refractivity contribution >= 4 is 132 Å². The predicted octanol–water partition coefficient (Wildman–Crippen LogP) is 17.8. The number of carbonyl (C=O) groups is 5. The van der Waals surface area contributed by atoms with Crippen molar-refractivity contribution in [2.45, 2.75) is 163 Å². The molecule has 125 heavy (non-hydrogen) atoms. The van der Waals surface area contributed by atoms with Crippen molar-refractivity contribution in [3.8, 4) is 0 Å². The van der Waals surface area contributed by atoms with Gasteiger partial charge < -0.3 is 29.8 Å². The zero-order valence-electron chi connectivity index (χ0n) is 71.2. The van der Waals surface area contributed by atoms with Crippen LogP contribution in [0.4, 0.5) is 22.7 Å². The van der Waals surface area contributed by atoms with Gasteiger partial charge >= 0.3 is 0 Å². The number of halogens is 3. The molecule has 5 amide bonds. The van der Waals surface area contributed by atoms with Crippen molar-refractivity contribution in [3.63, 3.8) is 0 Å². The Morgan fingerprint density at radius 3 is 1.14 bits per heavy atom. The summed E-state index contributed by atoms with van der Waals surface area (Å²) in [5.41, 5.74) is 24.4. The van der Waals surface area contributed by atoms with Gasteiger partial charge in [-0.15, -0.1) is 0 Å². The van der Waals surface area contributed by atoms with E-state index >= 15 is 0 Å². The van der Waals surface area contributed by atoms with Crippen molar-refractivity contribution in [1.29, 1.82) is 0 Å². The lowest BCUT2D eigenvalue weighted by Gasteiger charge is -2.32. The van der Waals surface area contributed by atoms with E-state index < -0.39 is 0 Å². The maximum absolute atomic E-state index is 13.1. The smallest absolute Gasteiger partial charge is 0.274 e. The number of hydrogen-bond acceptors (Lipinski definition) is 16. The number of aromatic amines is 5. The third-order valence-electron chi connectivity index (χ3n) is 25.0. The third kappa shape index (κ3) is 21.4. The van der Waals surface area contributed by atoms with E-state index in [1.807, 2.05) is 120 Å². The van der Waals surface area contributed by atoms with Gasteiger partial charge in [-0.25, -0.2) is 0 Å². The van der Waals surface area contributed by atoms with E-state index in [1.54, 1.807) is 24.3 Å².